The fourth-order valence-corrected chi connectivity index (χ4v) is 4.08. The molecule has 4 heterocycles. The van der Waals surface area contributed by atoms with Gasteiger partial charge in [0.25, 0.3) is 0 Å². The Morgan fingerprint density at radius 2 is 1.18 bits per heavy atom. The number of nitrogens with one attached hydrogen (secondary N) is 2. The highest BCUT2D eigenvalue weighted by Gasteiger charge is 2.12. The quantitative estimate of drug-likeness (QED) is 0.350. The average Bonchev–Trinajstić information content (AvgIpc) is 3.83. The van der Waals surface area contributed by atoms with Gasteiger partial charge in [-0.15, -0.1) is 0 Å². The standard InChI is InChI=1S/C9H10O2.C7H15N.C6H13N.C6H9N.C2H7N.4C2H6.CH4/c1-2-7-3-4-8-9(5-7)11-6-10-8;1-2-8-6-4-3-5-7-8;1-7-5-3-2-4-6-7;1-2-6-4-3-5-7-6;1-3-2;4*1-2;/h3-5H,2,6H2,1H3;2-7H2,1H3;2-6H2,1H3;3-5,7H,2H2,1H3;3H,1-2H3;4*1-2H3;1H4. The number of rotatable bonds is 3. The Balaban J connectivity index is -0.000000144. The second kappa shape index (κ2) is 44.1. The van der Waals surface area contributed by atoms with Crippen molar-refractivity contribution < 1.29 is 9.47 Å². The number of hydrogen-bond acceptors (Lipinski definition) is 5. The van der Waals surface area contributed by atoms with Crippen LogP contribution in [0.15, 0.2) is 36.5 Å². The summed E-state index contributed by atoms with van der Waals surface area (Å²) in [6, 6.07) is 10.1. The molecule has 2 fully saturated rings. The van der Waals surface area contributed by atoms with E-state index in [0.717, 1.165) is 24.3 Å². The molecule has 2 aromatic rings. The number of aromatic amines is 1. The molecule has 1 aromatic carbocycles. The Hall–Kier alpha value is -2.02. The lowest BCUT2D eigenvalue weighted by molar-refractivity contribution is 0.174. The van der Waals surface area contributed by atoms with Crippen LogP contribution < -0.4 is 14.8 Å². The van der Waals surface area contributed by atoms with Crippen LogP contribution in [0, 0.1) is 0 Å². The number of fused-ring (bicyclic) bond motifs is 1. The molecule has 0 aliphatic carbocycles. The molecular weight excluding hydrogens is 556 g/mol. The van der Waals surface area contributed by atoms with Crippen molar-refractivity contribution in [3.8, 4) is 11.5 Å². The van der Waals surface area contributed by atoms with Crippen molar-refractivity contribution in [3.05, 3.63) is 47.8 Å². The summed E-state index contributed by atoms with van der Waals surface area (Å²) in [6.07, 6.45) is 12.7. The number of piperidine rings is 2. The van der Waals surface area contributed by atoms with Gasteiger partial charge in [-0.1, -0.05) is 102 Å². The molecule has 2 N–H and O–H groups in total. The minimum absolute atomic E-state index is 0. The second-order valence-electron chi connectivity index (χ2n) is 9.45. The van der Waals surface area contributed by atoms with E-state index < -0.39 is 0 Å². The van der Waals surface area contributed by atoms with E-state index in [-0.39, 0.29) is 7.43 Å². The number of aromatic nitrogens is 1. The lowest BCUT2D eigenvalue weighted by Gasteiger charge is -2.24. The van der Waals surface area contributed by atoms with Gasteiger partial charge < -0.3 is 29.6 Å². The van der Waals surface area contributed by atoms with Crippen LogP contribution in [0.3, 0.4) is 0 Å². The maximum Gasteiger partial charge on any atom is 0.231 e. The summed E-state index contributed by atoms with van der Waals surface area (Å²) in [4.78, 5) is 8.00. The average molecular weight is 639 g/mol. The van der Waals surface area contributed by atoms with Gasteiger partial charge >= 0.3 is 0 Å². The number of nitrogens with zero attached hydrogens (tertiary/aromatic N) is 2. The molecule has 5 rings (SSSR count). The van der Waals surface area contributed by atoms with Crippen LogP contribution in [-0.4, -0.2) is 75.4 Å². The highest BCUT2D eigenvalue weighted by molar-refractivity contribution is 5.44. The Bertz CT molecular complexity index is 742. The Kier molecular flexibility index (Phi) is 51.5. The van der Waals surface area contributed by atoms with Gasteiger partial charge in [-0.25, -0.2) is 0 Å². The molecule has 45 heavy (non-hydrogen) atoms. The molecule has 0 spiro atoms. The Morgan fingerprint density at radius 1 is 0.689 bits per heavy atom. The van der Waals surface area contributed by atoms with Crippen molar-refractivity contribution in [2.45, 2.75) is 135 Å². The second-order valence-corrected chi connectivity index (χ2v) is 9.45. The summed E-state index contributed by atoms with van der Waals surface area (Å²) < 4.78 is 10.4. The Morgan fingerprint density at radius 3 is 1.51 bits per heavy atom. The molecule has 3 aliphatic heterocycles. The zero-order chi connectivity index (χ0) is 34.4. The maximum absolute atomic E-state index is 5.22. The SMILES string of the molecule is C.CC.CC.CC.CC.CCN1CCCCC1.CCc1ccc2c(c1)OCO2.CCc1ccc[nH]1.CN1CCCCC1.CNC. The van der Waals surface area contributed by atoms with Gasteiger partial charge in [-0.05, 0) is 122 Å². The van der Waals surface area contributed by atoms with Gasteiger partial charge in [0.05, 0.1) is 0 Å². The number of aryl methyl sites for hydroxylation is 2. The van der Waals surface area contributed by atoms with E-state index in [1.165, 1.54) is 82.5 Å². The smallest absolute Gasteiger partial charge is 0.231 e. The van der Waals surface area contributed by atoms with Crippen molar-refractivity contribution in [1.29, 1.82) is 0 Å². The zero-order valence-corrected chi connectivity index (χ0v) is 32.1. The molecule has 6 nitrogen and oxygen atoms in total. The predicted octanol–water partition coefficient (Wildman–Crippen LogP) is 10.7. The third-order valence-corrected chi connectivity index (χ3v) is 6.36. The topological polar surface area (TPSA) is 52.8 Å². The summed E-state index contributed by atoms with van der Waals surface area (Å²) >= 11 is 0. The number of ether oxygens (including phenoxy) is 2. The normalized spacial score (nSPS) is 13.8. The zero-order valence-electron chi connectivity index (χ0n) is 32.1. The molecule has 6 heteroatoms. The lowest BCUT2D eigenvalue weighted by atomic mass is 10.1. The molecule has 0 amide bonds. The monoisotopic (exact) mass is 639 g/mol. The van der Waals surface area contributed by atoms with E-state index in [1.807, 2.05) is 93.9 Å². The molecule has 3 aliphatic rings. The van der Waals surface area contributed by atoms with Gasteiger partial charge in [0.1, 0.15) is 0 Å². The molecule has 270 valence electrons. The van der Waals surface area contributed by atoms with Crippen LogP contribution in [0.4, 0.5) is 0 Å². The number of benzene rings is 1. The van der Waals surface area contributed by atoms with Gasteiger partial charge in [-0.2, -0.15) is 0 Å². The van der Waals surface area contributed by atoms with Gasteiger partial charge in [0.15, 0.2) is 11.5 Å². The van der Waals surface area contributed by atoms with Crippen LogP contribution >= 0.6 is 0 Å². The fraction of sp³-hybridized carbons (Fsp3) is 0.744. The number of hydrogen-bond donors (Lipinski definition) is 2. The summed E-state index contributed by atoms with van der Waals surface area (Å²) in [5, 5.41) is 2.75. The molecule has 2 saturated heterocycles. The van der Waals surface area contributed by atoms with Gasteiger partial charge in [-0.3, -0.25) is 0 Å². The van der Waals surface area contributed by atoms with Crippen LogP contribution in [0.1, 0.15) is 133 Å². The summed E-state index contributed by atoms with van der Waals surface area (Å²) in [5.41, 5.74) is 2.59. The molecule has 0 bridgehead atoms. The van der Waals surface area contributed by atoms with Crippen LogP contribution in [0.2, 0.25) is 0 Å². The van der Waals surface area contributed by atoms with E-state index >= 15 is 0 Å². The highest BCUT2D eigenvalue weighted by atomic mass is 16.7. The molecule has 0 radical (unpaired) electrons. The molecule has 0 unspecified atom stereocenters. The van der Waals surface area contributed by atoms with Crippen molar-refractivity contribution in [2.24, 2.45) is 0 Å². The van der Waals surface area contributed by atoms with E-state index in [9.17, 15) is 0 Å². The first kappa shape index (κ1) is 52.5. The summed E-state index contributed by atoms with van der Waals surface area (Å²) in [7, 11) is 5.94. The minimum Gasteiger partial charge on any atom is -0.454 e. The van der Waals surface area contributed by atoms with E-state index in [4.69, 9.17) is 9.47 Å². The van der Waals surface area contributed by atoms with E-state index in [1.54, 1.807) is 0 Å². The van der Waals surface area contributed by atoms with Crippen molar-refractivity contribution >= 4 is 0 Å². The molecule has 0 atom stereocenters. The first-order valence-electron chi connectivity index (χ1n) is 18.1. The fourth-order valence-electron chi connectivity index (χ4n) is 4.08. The lowest BCUT2D eigenvalue weighted by Crippen LogP contribution is -2.29. The van der Waals surface area contributed by atoms with Crippen molar-refractivity contribution in [1.82, 2.24) is 20.1 Å². The third-order valence-electron chi connectivity index (χ3n) is 6.36. The maximum atomic E-state index is 5.22. The highest BCUT2D eigenvalue weighted by Crippen LogP contribution is 2.32. The van der Waals surface area contributed by atoms with Gasteiger partial charge in [0.2, 0.25) is 6.79 Å². The van der Waals surface area contributed by atoms with Crippen molar-refractivity contribution in [3.63, 3.8) is 0 Å². The van der Waals surface area contributed by atoms with Crippen LogP contribution in [-0.2, 0) is 12.8 Å². The third kappa shape index (κ3) is 31.7. The minimum atomic E-state index is 0. The number of likely N-dealkylation sites (tertiary alicyclic amines) is 2. The molecular formula is C39H82N4O2. The molecule has 1 aromatic heterocycles. The van der Waals surface area contributed by atoms with Crippen molar-refractivity contribution in [2.75, 3.05) is 60.7 Å². The molecule has 0 saturated carbocycles. The predicted molar refractivity (Wildman–Crippen MR) is 207 cm³/mol. The largest absolute Gasteiger partial charge is 0.454 e. The number of H-pyrrole nitrogens is 1. The van der Waals surface area contributed by atoms with E-state index in [2.05, 4.69) is 60.1 Å². The summed E-state index contributed by atoms with van der Waals surface area (Å²) in [5.74, 6) is 1.74. The van der Waals surface area contributed by atoms with Gasteiger partial charge in [0, 0.05) is 11.9 Å². The first-order chi connectivity index (χ1) is 21.6. The first-order valence-corrected chi connectivity index (χ1v) is 18.1. The van der Waals surface area contributed by atoms with Crippen LogP contribution in [0.5, 0.6) is 11.5 Å². The summed E-state index contributed by atoms with van der Waals surface area (Å²) in [6.45, 7) is 29.4. The van der Waals surface area contributed by atoms with E-state index in [0.29, 0.717) is 6.79 Å². The Labute approximate surface area is 284 Å². The van der Waals surface area contributed by atoms with Crippen LogP contribution in [0.25, 0.3) is 0 Å².